The average Bonchev–Trinajstić information content (AvgIpc) is 3.12. The van der Waals surface area contributed by atoms with Crippen molar-refractivity contribution in [3.63, 3.8) is 0 Å². The number of aliphatic hydroxyl groups is 1. The number of hydrogen-bond donors (Lipinski definition) is 2. The van der Waals surface area contributed by atoms with E-state index in [0.29, 0.717) is 22.8 Å². The predicted octanol–water partition coefficient (Wildman–Crippen LogP) is 3.12. The van der Waals surface area contributed by atoms with Crippen LogP contribution in [0.3, 0.4) is 0 Å². The molecule has 1 heterocycles. The molecular weight excluding hydrogens is 358 g/mol. The van der Waals surface area contributed by atoms with Crippen molar-refractivity contribution in [1.82, 2.24) is 5.32 Å². The van der Waals surface area contributed by atoms with Crippen LogP contribution < -0.4 is 19.5 Å². The van der Waals surface area contributed by atoms with E-state index in [2.05, 4.69) is 26.1 Å². The third-order valence-electron chi connectivity index (χ3n) is 4.71. The molecule has 0 saturated carbocycles. The van der Waals surface area contributed by atoms with E-state index in [1.54, 1.807) is 25.1 Å². The predicted molar refractivity (Wildman–Crippen MR) is 106 cm³/mol. The number of ether oxygens (including phenoxy) is 3. The van der Waals surface area contributed by atoms with E-state index in [9.17, 15) is 9.90 Å². The normalized spacial score (nSPS) is 15.0. The Morgan fingerprint density at radius 3 is 2.36 bits per heavy atom. The average molecular weight is 385 g/mol. The third kappa shape index (κ3) is 4.75. The van der Waals surface area contributed by atoms with Crippen molar-refractivity contribution >= 4 is 5.91 Å². The summed E-state index contributed by atoms with van der Waals surface area (Å²) in [6, 6.07) is 12.9. The highest BCUT2D eigenvalue weighted by atomic mass is 16.7. The standard InChI is InChI=1S/C22H27NO5/c1-21(2,3)15-5-8-17(9-6-15)26-12-20(24)23-13-22(4,25)16-7-10-18-19(11-16)28-14-27-18/h5-11,25H,12-14H2,1-4H3,(H,23,24). The quantitative estimate of drug-likeness (QED) is 0.799. The summed E-state index contributed by atoms with van der Waals surface area (Å²) in [4.78, 5) is 12.1. The van der Waals surface area contributed by atoms with Gasteiger partial charge in [-0.1, -0.05) is 39.0 Å². The highest BCUT2D eigenvalue weighted by Crippen LogP contribution is 2.35. The zero-order chi connectivity index (χ0) is 20.4. The number of amides is 1. The second-order valence-electron chi connectivity index (χ2n) is 8.18. The number of nitrogens with one attached hydrogen (secondary N) is 1. The zero-order valence-corrected chi connectivity index (χ0v) is 16.7. The third-order valence-corrected chi connectivity index (χ3v) is 4.71. The van der Waals surface area contributed by atoms with Crippen molar-refractivity contribution < 1.29 is 24.1 Å². The minimum Gasteiger partial charge on any atom is -0.484 e. The maximum Gasteiger partial charge on any atom is 0.258 e. The smallest absolute Gasteiger partial charge is 0.258 e. The molecule has 0 aliphatic carbocycles. The molecule has 3 rings (SSSR count). The summed E-state index contributed by atoms with van der Waals surface area (Å²) in [5.41, 5.74) is 0.654. The molecular formula is C22H27NO5. The van der Waals surface area contributed by atoms with E-state index in [0.717, 1.165) is 0 Å². The summed E-state index contributed by atoms with van der Waals surface area (Å²) in [5.74, 6) is 1.56. The van der Waals surface area contributed by atoms with Gasteiger partial charge in [0.05, 0.1) is 6.54 Å². The Morgan fingerprint density at radius 1 is 1.04 bits per heavy atom. The van der Waals surface area contributed by atoms with Crippen LogP contribution in [0.5, 0.6) is 17.2 Å². The van der Waals surface area contributed by atoms with Gasteiger partial charge in [0.25, 0.3) is 5.91 Å². The van der Waals surface area contributed by atoms with Crippen LogP contribution in [0.25, 0.3) is 0 Å². The van der Waals surface area contributed by atoms with Gasteiger partial charge in [-0.05, 0) is 47.7 Å². The molecule has 0 spiro atoms. The summed E-state index contributed by atoms with van der Waals surface area (Å²) in [6.45, 7) is 8.17. The lowest BCUT2D eigenvalue weighted by Gasteiger charge is -2.24. The topological polar surface area (TPSA) is 77.0 Å². The molecule has 2 aromatic carbocycles. The van der Waals surface area contributed by atoms with Gasteiger partial charge >= 0.3 is 0 Å². The Hall–Kier alpha value is -2.73. The van der Waals surface area contributed by atoms with Crippen LogP contribution in [0.2, 0.25) is 0 Å². The van der Waals surface area contributed by atoms with Crippen LogP contribution in [0.15, 0.2) is 42.5 Å². The zero-order valence-electron chi connectivity index (χ0n) is 16.7. The largest absolute Gasteiger partial charge is 0.484 e. The van der Waals surface area contributed by atoms with E-state index in [4.69, 9.17) is 14.2 Å². The number of carbonyl (C=O) groups is 1. The second-order valence-corrected chi connectivity index (χ2v) is 8.18. The first kappa shape index (κ1) is 20.0. The molecule has 6 heteroatoms. The van der Waals surface area contributed by atoms with Crippen molar-refractivity contribution in [3.8, 4) is 17.2 Å². The first-order valence-electron chi connectivity index (χ1n) is 9.28. The SMILES string of the molecule is CC(C)(C)c1ccc(OCC(=O)NCC(C)(O)c2ccc3c(c2)OCO3)cc1. The lowest BCUT2D eigenvalue weighted by Crippen LogP contribution is -2.40. The number of fused-ring (bicyclic) bond motifs is 1. The molecule has 1 aliphatic heterocycles. The fraction of sp³-hybridized carbons (Fsp3) is 0.409. The van der Waals surface area contributed by atoms with Crippen molar-refractivity contribution in [2.75, 3.05) is 19.9 Å². The van der Waals surface area contributed by atoms with Crippen molar-refractivity contribution in [2.45, 2.75) is 38.7 Å². The van der Waals surface area contributed by atoms with E-state index in [1.807, 2.05) is 24.3 Å². The number of rotatable bonds is 6. The number of carbonyl (C=O) groups excluding carboxylic acids is 1. The maximum atomic E-state index is 12.1. The summed E-state index contributed by atoms with van der Waals surface area (Å²) in [7, 11) is 0. The van der Waals surface area contributed by atoms with E-state index < -0.39 is 5.60 Å². The lowest BCUT2D eigenvalue weighted by atomic mass is 9.87. The van der Waals surface area contributed by atoms with Crippen LogP contribution in [-0.2, 0) is 15.8 Å². The molecule has 0 fully saturated rings. The van der Waals surface area contributed by atoms with Gasteiger partial charge in [-0.3, -0.25) is 4.79 Å². The van der Waals surface area contributed by atoms with E-state index >= 15 is 0 Å². The fourth-order valence-corrected chi connectivity index (χ4v) is 2.86. The second kappa shape index (κ2) is 7.72. The van der Waals surface area contributed by atoms with Crippen LogP contribution >= 0.6 is 0 Å². The first-order valence-corrected chi connectivity index (χ1v) is 9.28. The molecule has 0 radical (unpaired) electrons. The Bertz CT molecular complexity index is 837. The van der Waals surface area contributed by atoms with Crippen LogP contribution in [0.4, 0.5) is 0 Å². The summed E-state index contributed by atoms with van der Waals surface area (Å²) in [6.07, 6.45) is 0. The maximum absolute atomic E-state index is 12.1. The minimum atomic E-state index is -1.25. The Balaban J connectivity index is 1.51. The van der Waals surface area contributed by atoms with Gasteiger partial charge in [0.2, 0.25) is 6.79 Å². The van der Waals surface area contributed by atoms with E-state index in [-0.39, 0.29) is 31.3 Å². The first-order chi connectivity index (χ1) is 13.1. The molecule has 1 aliphatic rings. The van der Waals surface area contributed by atoms with Crippen LogP contribution in [0, 0.1) is 0 Å². The summed E-state index contributed by atoms with van der Waals surface area (Å²) >= 11 is 0. The van der Waals surface area contributed by atoms with Gasteiger partial charge < -0.3 is 24.6 Å². The Labute approximate surface area is 165 Å². The molecule has 1 amide bonds. The summed E-state index contributed by atoms with van der Waals surface area (Å²) in [5, 5.41) is 13.4. The van der Waals surface area contributed by atoms with Gasteiger partial charge in [-0.25, -0.2) is 0 Å². The highest BCUT2D eigenvalue weighted by Gasteiger charge is 2.26. The molecule has 2 aromatic rings. The number of hydrogen-bond acceptors (Lipinski definition) is 5. The molecule has 6 nitrogen and oxygen atoms in total. The van der Waals surface area contributed by atoms with Crippen molar-refractivity contribution in [1.29, 1.82) is 0 Å². The van der Waals surface area contributed by atoms with Gasteiger partial charge in [0.15, 0.2) is 18.1 Å². The van der Waals surface area contributed by atoms with Gasteiger partial charge in [-0.15, -0.1) is 0 Å². The number of benzene rings is 2. The summed E-state index contributed by atoms with van der Waals surface area (Å²) < 4.78 is 16.1. The van der Waals surface area contributed by atoms with Crippen molar-refractivity contribution in [3.05, 3.63) is 53.6 Å². The van der Waals surface area contributed by atoms with Gasteiger partial charge in [0, 0.05) is 0 Å². The lowest BCUT2D eigenvalue weighted by molar-refractivity contribution is -0.124. The molecule has 150 valence electrons. The van der Waals surface area contributed by atoms with Crippen LogP contribution in [0.1, 0.15) is 38.8 Å². The molecule has 2 N–H and O–H groups in total. The van der Waals surface area contributed by atoms with Crippen molar-refractivity contribution in [2.24, 2.45) is 0 Å². The van der Waals surface area contributed by atoms with E-state index in [1.165, 1.54) is 5.56 Å². The molecule has 1 atom stereocenters. The Morgan fingerprint density at radius 2 is 1.68 bits per heavy atom. The van der Waals surface area contributed by atoms with Gasteiger partial charge in [-0.2, -0.15) is 0 Å². The molecule has 0 aromatic heterocycles. The molecule has 0 saturated heterocycles. The molecule has 1 unspecified atom stereocenters. The molecule has 0 bridgehead atoms. The highest BCUT2D eigenvalue weighted by molar-refractivity contribution is 5.77. The molecule has 28 heavy (non-hydrogen) atoms. The fourth-order valence-electron chi connectivity index (χ4n) is 2.86. The van der Waals surface area contributed by atoms with Crippen LogP contribution in [-0.4, -0.2) is 31.0 Å². The monoisotopic (exact) mass is 385 g/mol. The van der Waals surface area contributed by atoms with Gasteiger partial charge in [0.1, 0.15) is 11.4 Å². The Kier molecular flexibility index (Phi) is 5.52. The minimum absolute atomic E-state index is 0.0534.